The van der Waals surface area contributed by atoms with Gasteiger partial charge in [0.2, 0.25) is 0 Å². The predicted octanol–water partition coefficient (Wildman–Crippen LogP) is 0.0963. The summed E-state index contributed by atoms with van der Waals surface area (Å²) in [5.74, 6) is -1.11. The molecule has 1 rings (SSSR count). The van der Waals surface area contributed by atoms with E-state index in [1.54, 1.807) is 6.07 Å². The summed E-state index contributed by atoms with van der Waals surface area (Å²) in [5.41, 5.74) is 5.25. The number of nitrogens with two attached hydrogens (primary N) is 1. The van der Waals surface area contributed by atoms with Gasteiger partial charge in [-0.1, -0.05) is 6.08 Å². The van der Waals surface area contributed by atoms with Crippen molar-refractivity contribution in [2.24, 2.45) is 5.73 Å². The minimum atomic E-state index is -0.674. The van der Waals surface area contributed by atoms with Crippen LogP contribution in [0.3, 0.4) is 0 Å². The predicted molar refractivity (Wildman–Crippen MR) is 55.3 cm³/mol. The Bertz CT molecular complexity index is 401. The monoisotopic (exact) mass is 205 g/mol. The van der Waals surface area contributed by atoms with Crippen LogP contribution in [0.25, 0.3) is 0 Å². The van der Waals surface area contributed by atoms with E-state index in [4.69, 9.17) is 5.73 Å². The van der Waals surface area contributed by atoms with Gasteiger partial charge in [0.15, 0.2) is 0 Å². The lowest BCUT2D eigenvalue weighted by atomic mass is 10.2. The van der Waals surface area contributed by atoms with Crippen LogP contribution < -0.4 is 11.1 Å². The third-order valence-electron chi connectivity index (χ3n) is 1.70. The fourth-order valence-electron chi connectivity index (χ4n) is 1.03. The normalized spacial score (nSPS) is 9.33. The van der Waals surface area contributed by atoms with Crippen molar-refractivity contribution < 1.29 is 9.59 Å². The molecule has 0 saturated heterocycles. The van der Waals surface area contributed by atoms with Gasteiger partial charge in [-0.05, 0) is 12.1 Å². The minimum absolute atomic E-state index is 0.0341. The molecule has 0 fully saturated rings. The van der Waals surface area contributed by atoms with E-state index in [-0.39, 0.29) is 11.3 Å². The molecular weight excluding hydrogens is 194 g/mol. The van der Waals surface area contributed by atoms with Crippen molar-refractivity contribution in [1.82, 2.24) is 10.3 Å². The van der Waals surface area contributed by atoms with Gasteiger partial charge in [0, 0.05) is 12.7 Å². The molecular formula is C10H11N3O2. The maximum Gasteiger partial charge on any atom is 0.270 e. The van der Waals surface area contributed by atoms with E-state index >= 15 is 0 Å². The summed E-state index contributed by atoms with van der Waals surface area (Å²) >= 11 is 0. The molecule has 0 aromatic carbocycles. The molecule has 0 aliphatic heterocycles. The van der Waals surface area contributed by atoms with Crippen molar-refractivity contribution in [2.75, 3.05) is 6.54 Å². The molecule has 15 heavy (non-hydrogen) atoms. The summed E-state index contributed by atoms with van der Waals surface area (Å²) < 4.78 is 0. The van der Waals surface area contributed by atoms with Crippen LogP contribution in [-0.2, 0) is 0 Å². The highest BCUT2D eigenvalue weighted by atomic mass is 16.2. The van der Waals surface area contributed by atoms with E-state index in [0.29, 0.717) is 6.54 Å². The molecule has 5 nitrogen and oxygen atoms in total. The van der Waals surface area contributed by atoms with Gasteiger partial charge in [-0.15, -0.1) is 6.58 Å². The van der Waals surface area contributed by atoms with Gasteiger partial charge in [-0.25, -0.2) is 0 Å². The Kier molecular flexibility index (Phi) is 3.56. The van der Waals surface area contributed by atoms with E-state index in [9.17, 15) is 9.59 Å². The summed E-state index contributed by atoms with van der Waals surface area (Å²) in [5, 5.41) is 2.52. The quantitative estimate of drug-likeness (QED) is 0.683. The molecule has 0 spiro atoms. The third-order valence-corrected chi connectivity index (χ3v) is 1.70. The summed E-state index contributed by atoms with van der Waals surface area (Å²) in [6.07, 6.45) is 2.96. The highest BCUT2D eigenvalue weighted by Gasteiger charge is 2.14. The fourth-order valence-corrected chi connectivity index (χ4v) is 1.03. The zero-order valence-corrected chi connectivity index (χ0v) is 8.06. The van der Waals surface area contributed by atoms with Crippen LogP contribution in [0.2, 0.25) is 0 Å². The number of aromatic nitrogens is 1. The van der Waals surface area contributed by atoms with Crippen molar-refractivity contribution in [3.8, 4) is 0 Å². The van der Waals surface area contributed by atoms with Crippen LogP contribution in [0.4, 0.5) is 0 Å². The van der Waals surface area contributed by atoms with E-state index < -0.39 is 11.8 Å². The number of carbonyl (C=O) groups is 2. The van der Waals surface area contributed by atoms with Crippen LogP contribution in [0.1, 0.15) is 20.8 Å². The Morgan fingerprint density at radius 1 is 1.60 bits per heavy atom. The van der Waals surface area contributed by atoms with Crippen molar-refractivity contribution >= 4 is 11.8 Å². The number of hydrogen-bond acceptors (Lipinski definition) is 3. The molecule has 0 saturated carbocycles. The summed E-state index contributed by atoms with van der Waals surface area (Å²) in [6, 6.07) is 3.00. The van der Waals surface area contributed by atoms with E-state index in [1.807, 2.05) is 0 Å². The number of nitrogens with one attached hydrogen (secondary N) is 1. The van der Waals surface area contributed by atoms with Crippen molar-refractivity contribution in [1.29, 1.82) is 0 Å². The van der Waals surface area contributed by atoms with Gasteiger partial charge >= 0.3 is 0 Å². The smallest absolute Gasteiger partial charge is 0.270 e. The Labute approximate surface area is 87.0 Å². The van der Waals surface area contributed by atoms with Gasteiger partial charge in [0.1, 0.15) is 5.69 Å². The first-order valence-electron chi connectivity index (χ1n) is 4.30. The highest BCUT2D eigenvalue weighted by Crippen LogP contribution is 2.03. The zero-order chi connectivity index (χ0) is 11.3. The Morgan fingerprint density at radius 2 is 2.33 bits per heavy atom. The van der Waals surface area contributed by atoms with Crippen molar-refractivity contribution in [3.63, 3.8) is 0 Å². The standard InChI is InChI=1S/C10H11N3O2/c1-2-5-13-10(15)8-7(9(11)14)4-3-6-12-8/h2-4,6H,1,5H2,(H2,11,14)(H,13,15). The summed E-state index contributed by atoms with van der Waals surface area (Å²) in [7, 11) is 0. The molecule has 5 heteroatoms. The Hall–Kier alpha value is -2.17. The number of hydrogen-bond donors (Lipinski definition) is 2. The number of amides is 2. The molecule has 1 heterocycles. The van der Waals surface area contributed by atoms with Crippen LogP contribution >= 0.6 is 0 Å². The lowest BCUT2D eigenvalue weighted by Gasteiger charge is -2.04. The molecule has 0 aliphatic carbocycles. The van der Waals surface area contributed by atoms with Crippen LogP contribution in [0, 0.1) is 0 Å². The molecule has 0 aliphatic rings. The van der Waals surface area contributed by atoms with Gasteiger partial charge in [0.25, 0.3) is 11.8 Å². The molecule has 78 valence electrons. The topological polar surface area (TPSA) is 85.1 Å². The molecule has 0 radical (unpaired) electrons. The SMILES string of the molecule is C=CCNC(=O)c1ncccc1C(N)=O. The van der Waals surface area contributed by atoms with E-state index in [0.717, 1.165) is 0 Å². The van der Waals surface area contributed by atoms with Crippen LogP contribution in [0.5, 0.6) is 0 Å². The maximum atomic E-state index is 11.5. The number of carbonyl (C=O) groups excluding carboxylic acids is 2. The number of primary amides is 1. The molecule has 0 atom stereocenters. The molecule has 0 bridgehead atoms. The molecule has 1 aromatic heterocycles. The Morgan fingerprint density at radius 3 is 2.93 bits per heavy atom. The minimum Gasteiger partial charge on any atom is -0.366 e. The first-order valence-corrected chi connectivity index (χ1v) is 4.30. The maximum absolute atomic E-state index is 11.5. The first-order chi connectivity index (χ1) is 7.16. The number of rotatable bonds is 4. The third kappa shape index (κ3) is 2.63. The van der Waals surface area contributed by atoms with Gasteiger partial charge in [0.05, 0.1) is 5.56 Å². The molecule has 2 amide bonds. The molecule has 3 N–H and O–H groups in total. The highest BCUT2D eigenvalue weighted by molar-refractivity contribution is 6.05. The number of pyridine rings is 1. The largest absolute Gasteiger partial charge is 0.366 e. The molecule has 0 unspecified atom stereocenters. The second-order valence-corrected chi connectivity index (χ2v) is 2.76. The Balaban J connectivity index is 2.97. The van der Waals surface area contributed by atoms with Crippen LogP contribution in [-0.4, -0.2) is 23.3 Å². The summed E-state index contributed by atoms with van der Waals surface area (Å²) in [4.78, 5) is 26.3. The van der Waals surface area contributed by atoms with Crippen molar-refractivity contribution in [2.45, 2.75) is 0 Å². The zero-order valence-electron chi connectivity index (χ0n) is 8.06. The van der Waals surface area contributed by atoms with Gasteiger partial charge in [-0.3, -0.25) is 14.6 Å². The van der Waals surface area contributed by atoms with Crippen molar-refractivity contribution in [3.05, 3.63) is 42.2 Å². The van der Waals surface area contributed by atoms with E-state index in [1.165, 1.54) is 18.3 Å². The van der Waals surface area contributed by atoms with E-state index in [2.05, 4.69) is 16.9 Å². The molecule has 1 aromatic rings. The lowest BCUT2D eigenvalue weighted by molar-refractivity contribution is 0.0934. The fraction of sp³-hybridized carbons (Fsp3) is 0.100. The average molecular weight is 205 g/mol. The second kappa shape index (κ2) is 4.90. The lowest BCUT2D eigenvalue weighted by Crippen LogP contribution is -2.27. The average Bonchev–Trinajstić information content (AvgIpc) is 2.25. The van der Waals surface area contributed by atoms with Gasteiger partial charge in [-0.2, -0.15) is 0 Å². The second-order valence-electron chi connectivity index (χ2n) is 2.76. The van der Waals surface area contributed by atoms with Gasteiger partial charge < -0.3 is 11.1 Å². The number of nitrogens with zero attached hydrogens (tertiary/aromatic N) is 1. The van der Waals surface area contributed by atoms with Crippen LogP contribution in [0.15, 0.2) is 31.0 Å². The first kappa shape index (κ1) is 10.9. The summed E-state index contributed by atoms with van der Waals surface area (Å²) in [6.45, 7) is 3.77.